The Morgan fingerprint density at radius 3 is 2.58 bits per heavy atom. The second-order valence-corrected chi connectivity index (χ2v) is 9.44. The highest BCUT2D eigenvalue weighted by atomic mass is 32.2. The zero-order chi connectivity index (χ0) is 20.0. The zero-order valence-corrected chi connectivity index (χ0v) is 17.5. The Bertz CT molecular complexity index is 567. The fraction of sp³-hybridized carbons (Fsp3) is 0.778. The van der Waals surface area contributed by atoms with E-state index in [0.717, 1.165) is 32.2 Å². The number of amides is 1. The number of allylic oxidation sites excluding steroid dienone is 1. The van der Waals surface area contributed by atoms with Gasteiger partial charge in [-0.15, -0.1) is 0 Å². The number of carbonyl (C=O) groups is 1. The van der Waals surface area contributed by atoms with E-state index in [2.05, 4.69) is 18.8 Å². The van der Waals surface area contributed by atoms with Crippen LogP contribution in [0.15, 0.2) is 16.1 Å². The fourth-order valence-electron chi connectivity index (χ4n) is 3.17. The summed E-state index contributed by atoms with van der Waals surface area (Å²) in [6.45, 7) is 11.2. The standard InChI is InChI=1S/C18H34N4O3S/c1-17(2,3)25-16(23)22-13-14(10-18(22,4)5)8-6-7-9-21-12-15(11-19)26(20)24/h11-12,14H,6-10,13,19-20H2,1-5H3/b15-11+,21-12?. The first-order valence-electron chi connectivity index (χ1n) is 9.05. The van der Waals surface area contributed by atoms with Crippen LogP contribution in [0.5, 0.6) is 0 Å². The van der Waals surface area contributed by atoms with E-state index in [4.69, 9.17) is 15.6 Å². The molecule has 2 unspecified atom stereocenters. The molecule has 0 radical (unpaired) electrons. The number of hydrogen-bond donors (Lipinski definition) is 2. The quantitative estimate of drug-likeness (QED) is 0.517. The molecule has 0 aliphatic carbocycles. The normalized spacial score (nSPS) is 22.0. The Balaban J connectivity index is 2.40. The van der Waals surface area contributed by atoms with Crippen LogP contribution in [0, 0.1) is 5.92 Å². The van der Waals surface area contributed by atoms with Gasteiger partial charge in [-0.2, -0.15) is 0 Å². The van der Waals surface area contributed by atoms with E-state index >= 15 is 0 Å². The highest BCUT2D eigenvalue weighted by Gasteiger charge is 2.42. The van der Waals surface area contributed by atoms with Gasteiger partial charge in [0.1, 0.15) is 16.6 Å². The summed E-state index contributed by atoms with van der Waals surface area (Å²) in [6.07, 6.45) is 6.42. The molecule has 1 fully saturated rings. The molecule has 7 nitrogen and oxygen atoms in total. The van der Waals surface area contributed by atoms with E-state index in [1.165, 1.54) is 12.4 Å². The Morgan fingerprint density at radius 2 is 2.04 bits per heavy atom. The van der Waals surface area contributed by atoms with Crippen LogP contribution in [0.3, 0.4) is 0 Å². The summed E-state index contributed by atoms with van der Waals surface area (Å²) in [5.74, 6) is 0.470. The molecule has 1 saturated heterocycles. The minimum atomic E-state index is -1.60. The van der Waals surface area contributed by atoms with Crippen LogP contribution in [0.4, 0.5) is 4.79 Å². The lowest BCUT2D eigenvalue weighted by Crippen LogP contribution is -2.45. The van der Waals surface area contributed by atoms with Crippen LogP contribution < -0.4 is 10.9 Å². The van der Waals surface area contributed by atoms with Crippen molar-refractivity contribution in [1.29, 1.82) is 0 Å². The fourth-order valence-corrected chi connectivity index (χ4v) is 3.48. The number of unbranched alkanes of at least 4 members (excludes halogenated alkanes) is 1. The first kappa shape index (κ1) is 22.6. The number of likely N-dealkylation sites (tertiary alicyclic amines) is 1. The highest BCUT2D eigenvalue weighted by molar-refractivity contribution is 7.87. The lowest BCUT2D eigenvalue weighted by molar-refractivity contribution is 0.0131. The van der Waals surface area contributed by atoms with E-state index in [0.29, 0.717) is 17.4 Å². The summed E-state index contributed by atoms with van der Waals surface area (Å²) in [6, 6.07) is 0. The van der Waals surface area contributed by atoms with Crippen molar-refractivity contribution in [3.8, 4) is 0 Å². The van der Waals surface area contributed by atoms with Crippen molar-refractivity contribution in [3.63, 3.8) is 0 Å². The number of hydrogen-bond acceptors (Lipinski definition) is 5. The zero-order valence-electron chi connectivity index (χ0n) is 16.7. The Hall–Kier alpha value is -1.41. The predicted octanol–water partition coefficient (Wildman–Crippen LogP) is 2.69. The SMILES string of the molecule is CC(C)(C)OC(=O)N1CC(CCCCN=C/C(=C\N)S(N)=O)CC1(C)C. The summed E-state index contributed by atoms with van der Waals surface area (Å²) in [7, 11) is -1.60. The predicted molar refractivity (Wildman–Crippen MR) is 107 cm³/mol. The second kappa shape index (κ2) is 9.50. The number of nitrogens with two attached hydrogens (primary N) is 2. The number of rotatable bonds is 7. The summed E-state index contributed by atoms with van der Waals surface area (Å²) in [5, 5.41) is 5.26. The van der Waals surface area contributed by atoms with Crippen molar-refractivity contribution in [1.82, 2.24) is 4.90 Å². The number of nitrogens with zero attached hydrogens (tertiary/aromatic N) is 2. The molecule has 2 atom stereocenters. The summed E-state index contributed by atoms with van der Waals surface area (Å²) < 4.78 is 16.6. The maximum Gasteiger partial charge on any atom is 0.410 e. The molecule has 1 amide bonds. The van der Waals surface area contributed by atoms with Gasteiger partial charge in [0.15, 0.2) is 0 Å². The van der Waals surface area contributed by atoms with E-state index < -0.39 is 16.6 Å². The number of ether oxygens (including phenoxy) is 1. The molecule has 4 N–H and O–H groups in total. The van der Waals surface area contributed by atoms with Gasteiger partial charge in [0.2, 0.25) is 0 Å². The second-order valence-electron chi connectivity index (χ2n) is 8.37. The first-order chi connectivity index (χ1) is 12.0. The molecule has 8 heteroatoms. The van der Waals surface area contributed by atoms with Gasteiger partial charge < -0.3 is 15.4 Å². The van der Waals surface area contributed by atoms with Gasteiger partial charge in [0.25, 0.3) is 0 Å². The minimum absolute atomic E-state index is 0.183. The van der Waals surface area contributed by atoms with Gasteiger partial charge in [-0.1, -0.05) is 6.42 Å². The van der Waals surface area contributed by atoms with Crippen molar-refractivity contribution in [2.45, 2.75) is 71.4 Å². The highest BCUT2D eigenvalue weighted by Crippen LogP contribution is 2.36. The van der Waals surface area contributed by atoms with Gasteiger partial charge in [0.05, 0.1) is 4.91 Å². The molecule has 1 aliphatic heterocycles. The Labute approximate surface area is 159 Å². The van der Waals surface area contributed by atoms with Crippen molar-refractivity contribution in [2.24, 2.45) is 21.8 Å². The number of carbonyl (C=O) groups excluding carboxylic acids is 1. The lowest BCUT2D eigenvalue weighted by Gasteiger charge is -2.33. The minimum Gasteiger partial charge on any atom is -0.444 e. The molecular weight excluding hydrogens is 352 g/mol. The lowest BCUT2D eigenvalue weighted by atomic mass is 9.93. The van der Waals surface area contributed by atoms with Crippen LogP contribution in [0.25, 0.3) is 0 Å². The maximum atomic E-state index is 12.4. The van der Waals surface area contributed by atoms with Gasteiger partial charge in [-0.05, 0) is 59.8 Å². The topological polar surface area (TPSA) is 111 Å². The van der Waals surface area contributed by atoms with Gasteiger partial charge in [-0.3, -0.25) is 4.99 Å². The van der Waals surface area contributed by atoms with E-state index in [1.807, 2.05) is 25.7 Å². The smallest absolute Gasteiger partial charge is 0.410 e. The Kier molecular flexibility index (Phi) is 8.27. The molecule has 1 rings (SSSR count). The van der Waals surface area contributed by atoms with Gasteiger partial charge in [-0.25, -0.2) is 14.1 Å². The number of aliphatic imine (C=N–C) groups is 1. The van der Waals surface area contributed by atoms with E-state index in [9.17, 15) is 9.00 Å². The average Bonchev–Trinajstić information content (AvgIpc) is 2.79. The molecule has 1 aliphatic rings. The summed E-state index contributed by atoms with van der Waals surface area (Å²) in [5.41, 5.74) is 4.67. The van der Waals surface area contributed by atoms with Crippen LogP contribution in [0.1, 0.15) is 60.3 Å². The van der Waals surface area contributed by atoms with Crippen molar-refractivity contribution >= 4 is 23.3 Å². The maximum absolute atomic E-state index is 12.4. The molecule has 1 heterocycles. The molecule has 26 heavy (non-hydrogen) atoms. The first-order valence-corrected chi connectivity index (χ1v) is 10.3. The molecule has 0 bridgehead atoms. The van der Waals surface area contributed by atoms with Crippen LogP contribution >= 0.6 is 0 Å². The van der Waals surface area contributed by atoms with Gasteiger partial charge in [0, 0.05) is 31.0 Å². The molecule has 0 aromatic carbocycles. The average molecular weight is 387 g/mol. The van der Waals surface area contributed by atoms with E-state index in [1.54, 1.807) is 0 Å². The third-order valence-corrected chi connectivity index (χ3v) is 5.04. The van der Waals surface area contributed by atoms with Crippen molar-refractivity contribution in [2.75, 3.05) is 13.1 Å². The van der Waals surface area contributed by atoms with Gasteiger partial charge >= 0.3 is 6.09 Å². The molecule has 0 aromatic rings. The Morgan fingerprint density at radius 1 is 1.38 bits per heavy atom. The molecule has 0 aromatic heterocycles. The van der Waals surface area contributed by atoms with Crippen LogP contribution in [0.2, 0.25) is 0 Å². The third kappa shape index (κ3) is 7.45. The summed E-state index contributed by atoms with van der Waals surface area (Å²) >= 11 is 0. The molecule has 0 saturated carbocycles. The summed E-state index contributed by atoms with van der Waals surface area (Å²) in [4.78, 5) is 18.8. The largest absolute Gasteiger partial charge is 0.444 e. The van der Waals surface area contributed by atoms with Crippen molar-refractivity contribution in [3.05, 3.63) is 11.1 Å². The monoisotopic (exact) mass is 386 g/mol. The van der Waals surface area contributed by atoms with Crippen LogP contribution in [-0.4, -0.2) is 45.6 Å². The van der Waals surface area contributed by atoms with Crippen LogP contribution in [-0.2, 0) is 15.7 Å². The molecule has 150 valence electrons. The van der Waals surface area contributed by atoms with Crippen molar-refractivity contribution < 1.29 is 13.7 Å². The molecular formula is C18H34N4O3S. The van der Waals surface area contributed by atoms with E-state index in [-0.39, 0.29) is 11.6 Å². The third-order valence-electron chi connectivity index (χ3n) is 4.34. The molecule has 0 spiro atoms.